The summed E-state index contributed by atoms with van der Waals surface area (Å²) >= 11 is 0. The number of halogens is 2. The molecule has 0 saturated heterocycles. The number of hydrogen-bond acceptors (Lipinski definition) is 5. The average Bonchev–Trinajstić information content (AvgIpc) is 3.17. The standard InChI is InChI=1S/C21H23F2N3O4/c1-12(13-5-7-17(18(11-13)29-3)30-9-8-28-2)24-21(27)14-4-6-15-16(10-14)26-20(25-15)19(22)23/h4-7,10-12,19H,8-9H2,1-3H3,(H,24,27)(H,25,26). The molecule has 7 nitrogen and oxygen atoms in total. The predicted octanol–water partition coefficient (Wildman–Crippen LogP) is 4.03. The number of ether oxygens (including phenoxy) is 3. The Morgan fingerprint density at radius 2 is 1.93 bits per heavy atom. The Bertz CT molecular complexity index is 1020. The molecule has 1 unspecified atom stereocenters. The fourth-order valence-corrected chi connectivity index (χ4v) is 2.94. The summed E-state index contributed by atoms with van der Waals surface area (Å²) in [6.45, 7) is 2.68. The smallest absolute Gasteiger partial charge is 0.295 e. The topological polar surface area (TPSA) is 85.5 Å². The first-order valence-electron chi connectivity index (χ1n) is 9.31. The van der Waals surface area contributed by atoms with E-state index in [1.165, 1.54) is 12.1 Å². The van der Waals surface area contributed by atoms with Crippen molar-refractivity contribution in [1.29, 1.82) is 0 Å². The molecule has 0 aliphatic carbocycles. The largest absolute Gasteiger partial charge is 0.493 e. The number of imidazole rings is 1. The summed E-state index contributed by atoms with van der Waals surface area (Å²) in [5.74, 6) is 0.368. The number of methoxy groups -OCH3 is 2. The van der Waals surface area contributed by atoms with Gasteiger partial charge in [-0.2, -0.15) is 0 Å². The minimum Gasteiger partial charge on any atom is -0.493 e. The maximum atomic E-state index is 12.8. The lowest BCUT2D eigenvalue weighted by Gasteiger charge is -2.17. The van der Waals surface area contributed by atoms with Crippen molar-refractivity contribution in [1.82, 2.24) is 15.3 Å². The van der Waals surface area contributed by atoms with E-state index in [0.29, 0.717) is 41.3 Å². The summed E-state index contributed by atoms with van der Waals surface area (Å²) in [6, 6.07) is 9.66. The molecule has 9 heteroatoms. The minimum absolute atomic E-state index is 0.325. The van der Waals surface area contributed by atoms with Crippen LogP contribution in [0.1, 0.15) is 41.1 Å². The zero-order valence-electron chi connectivity index (χ0n) is 16.9. The average molecular weight is 419 g/mol. The van der Waals surface area contributed by atoms with Crippen LogP contribution in [0, 0.1) is 0 Å². The summed E-state index contributed by atoms with van der Waals surface area (Å²) in [5.41, 5.74) is 1.92. The third kappa shape index (κ3) is 4.85. The van der Waals surface area contributed by atoms with Crippen molar-refractivity contribution in [2.24, 2.45) is 0 Å². The molecule has 3 aromatic rings. The molecule has 1 heterocycles. The maximum Gasteiger partial charge on any atom is 0.295 e. The van der Waals surface area contributed by atoms with Gasteiger partial charge in [0.05, 0.1) is 30.8 Å². The number of aromatic nitrogens is 2. The number of benzene rings is 2. The van der Waals surface area contributed by atoms with Gasteiger partial charge in [0.25, 0.3) is 12.3 Å². The first-order chi connectivity index (χ1) is 14.4. The molecule has 0 bridgehead atoms. The molecule has 0 radical (unpaired) electrons. The maximum absolute atomic E-state index is 12.8. The number of nitrogens with zero attached hydrogens (tertiary/aromatic N) is 1. The molecule has 30 heavy (non-hydrogen) atoms. The molecular weight excluding hydrogens is 396 g/mol. The molecule has 0 spiro atoms. The van der Waals surface area contributed by atoms with Gasteiger partial charge in [-0.1, -0.05) is 6.07 Å². The first-order valence-corrected chi connectivity index (χ1v) is 9.31. The zero-order valence-corrected chi connectivity index (χ0v) is 16.9. The fourth-order valence-electron chi connectivity index (χ4n) is 2.94. The molecule has 1 amide bonds. The molecule has 0 aliphatic heterocycles. The molecule has 0 saturated carbocycles. The Morgan fingerprint density at radius 1 is 1.13 bits per heavy atom. The molecule has 0 aliphatic rings. The van der Waals surface area contributed by atoms with Crippen molar-refractivity contribution in [2.45, 2.75) is 19.4 Å². The summed E-state index contributed by atoms with van der Waals surface area (Å²) in [6.07, 6.45) is -2.70. The van der Waals surface area contributed by atoms with Crippen LogP contribution in [-0.2, 0) is 4.74 Å². The van der Waals surface area contributed by atoms with Crippen LogP contribution in [0.2, 0.25) is 0 Å². The summed E-state index contributed by atoms with van der Waals surface area (Å²) in [7, 11) is 3.13. The van der Waals surface area contributed by atoms with Crippen LogP contribution in [-0.4, -0.2) is 43.3 Å². The Labute approximate surface area is 172 Å². The van der Waals surface area contributed by atoms with Crippen molar-refractivity contribution in [2.75, 3.05) is 27.4 Å². The van der Waals surface area contributed by atoms with Gasteiger partial charge in [-0.05, 0) is 42.8 Å². The van der Waals surface area contributed by atoms with E-state index in [1.54, 1.807) is 32.4 Å². The number of hydrogen-bond donors (Lipinski definition) is 2. The molecule has 0 fully saturated rings. The van der Waals surface area contributed by atoms with E-state index in [4.69, 9.17) is 14.2 Å². The second kappa shape index (κ2) is 9.53. The normalized spacial score (nSPS) is 12.2. The first kappa shape index (κ1) is 21.5. The van der Waals surface area contributed by atoms with E-state index >= 15 is 0 Å². The molecule has 160 valence electrons. The highest BCUT2D eigenvalue weighted by Gasteiger charge is 2.17. The number of amides is 1. The Balaban J connectivity index is 1.72. The second-order valence-corrected chi connectivity index (χ2v) is 6.60. The lowest BCUT2D eigenvalue weighted by Crippen LogP contribution is -2.26. The summed E-state index contributed by atoms with van der Waals surface area (Å²) in [5, 5.41) is 2.89. The van der Waals surface area contributed by atoms with Crippen LogP contribution in [0.4, 0.5) is 8.78 Å². The number of carbonyl (C=O) groups is 1. The van der Waals surface area contributed by atoms with Gasteiger partial charge in [0.2, 0.25) is 0 Å². The SMILES string of the molecule is COCCOc1ccc(C(C)NC(=O)c2ccc3nc(C(F)F)[nH]c3c2)cc1OC. The number of nitrogens with one attached hydrogen (secondary N) is 2. The van der Waals surface area contributed by atoms with E-state index < -0.39 is 12.2 Å². The lowest BCUT2D eigenvalue weighted by atomic mass is 10.1. The van der Waals surface area contributed by atoms with Crippen molar-refractivity contribution in [3.63, 3.8) is 0 Å². The van der Waals surface area contributed by atoms with Gasteiger partial charge in [0.1, 0.15) is 6.61 Å². The molecular formula is C21H23F2N3O4. The minimum atomic E-state index is -2.70. The van der Waals surface area contributed by atoms with Gasteiger partial charge < -0.3 is 24.5 Å². The molecule has 1 atom stereocenters. The molecule has 2 aromatic carbocycles. The van der Waals surface area contributed by atoms with Gasteiger partial charge in [0, 0.05) is 12.7 Å². The third-order valence-electron chi connectivity index (χ3n) is 4.55. The summed E-state index contributed by atoms with van der Waals surface area (Å²) in [4.78, 5) is 19.0. The monoisotopic (exact) mass is 419 g/mol. The highest BCUT2D eigenvalue weighted by atomic mass is 19.3. The third-order valence-corrected chi connectivity index (χ3v) is 4.55. The second-order valence-electron chi connectivity index (χ2n) is 6.60. The van der Waals surface area contributed by atoms with Gasteiger partial charge in [-0.25, -0.2) is 13.8 Å². The van der Waals surface area contributed by atoms with E-state index in [1.807, 2.05) is 13.0 Å². The van der Waals surface area contributed by atoms with Gasteiger partial charge >= 0.3 is 0 Å². The van der Waals surface area contributed by atoms with Crippen LogP contribution in [0.3, 0.4) is 0 Å². The van der Waals surface area contributed by atoms with Crippen molar-refractivity contribution < 1.29 is 27.8 Å². The van der Waals surface area contributed by atoms with Crippen LogP contribution < -0.4 is 14.8 Å². The predicted molar refractivity (Wildman–Crippen MR) is 107 cm³/mol. The van der Waals surface area contributed by atoms with Crippen LogP contribution >= 0.6 is 0 Å². The van der Waals surface area contributed by atoms with E-state index in [2.05, 4.69) is 15.3 Å². The fraction of sp³-hybridized carbons (Fsp3) is 0.333. The molecule has 3 rings (SSSR count). The van der Waals surface area contributed by atoms with Gasteiger partial charge in [-0.3, -0.25) is 4.79 Å². The van der Waals surface area contributed by atoms with Crippen LogP contribution in [0.15, 0.2) is 36.4 Å². The number of alkyl halides is 2. The highest BCUT2D eigenvalue weighted by molar-refractivity contribution is 5.97. The van der Waals surface area contributed by atoms with E-state index in [-0.39, 0.29) is 11.9 Å². The number of rotatable bonds is 9. The Kier molecular flexibility index (Phi) is 6.83. The van der Waals surface area contributed by atoms with E-state index in [0.717, 1.165) is 5.56 Å². The number of aromatic amines is 1. The van der Waals surface area contributed by atoms with Crippen molar-refractivity contribution in [3.05, 3.63) is 53.3 Å². The molecule has 1 aromatic heterocycles. The van der Waals surface area contributed by atoms with E-state index in [9.17, 15) is 13.6 Å². The molecule has 2 N–H and O–H groups in total. The van der Waals surface area contributed by atoms with Crippen molar-refractivity contribution >= 4 is 16.9 Å². The van der Waals surface area contributed by atoms with Crippen molar-refractivity contribution in [3.8, 4) is 11.5 Å². The summed E-state index contributed by atoms with van der Waals surface area (Å²) < 4.78 is 41.6. The van der Waals surface area contributed by atoms with Gasteiger partial charge in [-0.15, -0.1) is 0 Å². The zero-order chi connectivity index (χ0) is 21.7. The van der Waals surface area contributed by atoms with Crippen LogP contribution in [0.5, 0.6) is 11.5 Å². The van der Waals surface area contributed by atoms with Gasteiger partial charge in [0.15, 0.2) is 17.3 Å². The number of H-pyrrole nitrogens is 1. The lowest BCUT2D eigenvalue weighted by molar-refractivity contribution is 0.0940. The quantitative estimate of drug-likeness (QED) is 0.512. The Morgan fingerprint density at radius 3 is 2.63 bits per heavy atom. The number of carbonyl (C=O) groups excluding carboxylic acids is 1. The Hall–Kier alpha value is -3.20. The van der Waals surface area contributed by atoms with Crippen LogP contribution in [0.25, 0.3) is 11.0 Å². The number of fused-ring (bicyclic) bond motifs is 1. The highest BCUT2D eigenvalue weighted by Crippen LogP contribution is 2.30.